The third-order valence-corrected chi connectivity index (χ3v) is 6.91. The average molecular weight is 471 g/mol. The van der Waals surface area contributed by atoms with Crippen LogP contribution in [-0.4, -0.2) is 35.4 Å². The van der Waals surface area contributed by atoms with E-state index in [9.17, 15) is 9.59 Å². The summed E-state index contributed by atoms with van der Waals surface area (Å²) in [5.41, 5.74) is 2.92. The van der Waals surface area contributed by atoms with E-state index >= 15 is 0 Å². The lowest BCUT2D eigenvalue weighted by molar-refractivity contribution is -0.143. The SMILES string of the molecule is CC[C@@H](C(=O)NC1CCCCC1)N(Cc1ccccc1Cl)C(=O)COc1cccc(C)c1C. The Bertz CT molecular complexity index is 956. The second-order valence-corrected chi connectivity index (χ2v) is 9.27. The minimum Gasteiger partial charge on any atom is -0.483 e. The van der Waals surface area contributed by atoms with E-state index in [2.05, 4.69) is 5.32 Å². The molecule has 178 valence electrons. The predicted molar refractivity (Wildman–Crippen MR) is 133 cm³/mol. The summed E-state index contributed by atoms with van der Waals surface area (Å²) in [7, 11) is 0. The highest BCUT2D eigenvalue weighted by molar-refractivity contribution is 6.31. The molecule has 1 N–H and O–H groups in total. The van der Waals surface area contributed by atoms with Gasteiger partial charge in [-0.1, -0.05) is 68.1 Å². The number of rotatable bonds is 9. The summed E-state index contributed by atoms with van der Waals surface area (Å²) in [4.78, 5) is 28.3. The molecule has 1 fully saturated rings. The van der Waals surface area contributed by atoms with Crippen molar-refractivity contribution >= 4 is 23.4 Å². The Labute approximate surface area is 202 Å². The van der Waals surface area contributed by atoms with Crippen molar-refractivity contribution in [1.82, 2.24) is 10.2 Å². The Morgan fingerprint density at radius 1 is 1.09 bits per heavy atom. The number of carbonyl (C=O) groups excluding carboxylic acids is 2. The Kier molecular flexibility index (Phi) is 9.19. The van der Waals surface area contributed by atoms with E-state index in [0.29, 0.717) is 17.2 Å². The van der Waals surface area contributed by atoms with E-state index in [1.807, 2.05) is 57.2 Å². The average Bonchev–Trinajstić information content (AvgIpc) is 2.81. The number of benzene rings is 2. The molecular weight excluding hydrogens is 436 g/mol. The van der Waals surface area contributed by atoms with Gasteiger partial charge in [0.2, 0.25) is 5.91 Å². The Balaban J connectivity index is 1.79. The van der Waals surface area contributed by atoms with E-state index in [0.717, 1.165) is 42.4 Å². The maximum absolute atomic E-state index is 13.4. The van der Waals surface area contributed by atoms with Crippen LogP contribution in [0.5, 0.6) is 5.75 Å². The molecule has 6 heteroatoms. The van der Waals surface area contributed by atoms with Crippen LogP contribution in [0.15, 0.2) is 42.5 Å². The van der Waals surface area contributed by atoms with Crippen molar-refractivity contribution in [2.45, 2.75) is 77.9 Å². The number of carbonyl (C=O) groups is 2. The zero-order valence-electron chi connectivity index (χ0n) is 19.9. The maximum atomic E-state index is 13.4. The molecule has 0 aliphatic heterocycles. The molecule has 1 aliphatic rings. The molecule has 3 rings (SSSR count). The topological polar surface area (TPSA) is 58.6 Å². The number of ether oxygens (including phenoxy) is 1. The van der Waals surface area contributed by atoms with E-state index < -0.39 is 6.04 Å². The highest BCUT2D eigenvalue weighted by atomic mass is 35.5. The normalized spacial score (nSPS) is 15.0. The van der Waals surface area contributed by atoms with Crippen LogP contribution in [0.4, 0.5) is 0 Å². The van der Waals surface area contributed by atoms with E-state index in [4.69, 9.17) is 16.3 Å². The number of nitrogens with one attached hydrogen (secondary N) is 1. The molecule has 0 radical (unpaired) electrons. The molecule has 2 amide bonds. The second-order valence-electron chi connectivity index (χ2n) is 8.87. The van der Waals surface area contributed by atoms with Crippen molar-refractivity contribution in [1.29, 1.82) is 0 Å². The fourth-order valence-corrected chi connectivity index (χ4v) is 4.57. The van der Waals surface area contributed by atoms with Gasteiger partial charge in [-0.05, 0) is 61.9 Å². The van der Waals surface area contributed by atoms with Crippen LogP contribution in [0.25, 0.3) is 0 Å². The van der Waals surface area contributed by atoms with Crippen molar-refractivity contribution in [2.75, 3.05) is 6.61 Å². The van der Waals surface area contributed by atoms with Gasteiger partial charge in [0.05, 0.1) is 0 Å². The molecule has 0 heterocycles. The zero-order valence-corrected chi connectivity index (χ0v) is 20.7. The van der Waals surface area contributed by atoms with Gasteiger partial charge in [-0.2, -0.15) is 0 Å². The van der Waals surface area contributed by atoms with Gasteiger partial charge in [0.25, 0.3) is 5.91 Å². The number of amides is 2. The van der Waals surface area contributed by atoms with Crippen LogP contribution in [0.2, 0.25) is 5.02 Å². The summed E-state index contributed by atoms with van der Waals surface area (Å²) in [6, 6.07) is 12.8. The number of hydrogen-bond donors (Lipinski definition) is 1. The minimum atomic E-state index is -0.585. The molecule has 33 heavy (non-hydrogen) atoms. The lowest BCUT2D eigenvalue weighted by Gasteiger charge is -2.33. The lowest BCUT2D eigenvalue weighted by atomic mass is 9.95. The minimum absolute atomic E-state index is 0.100. The first-order valence-electron chi connectivity index (χ1n) is 11.9. The molecule has 5 nitrogen and oxygen atoms in total. The highest BCUT2D eigenvalue weighted by Gasteiger charge is 2.31. The molecule has 0 aromatic heterocycles. The number of nitrogens with zero attached hydrogens (tertiary/aromatic N) is 1. The van der Waals surface area contributed by atoms with Gasteiger partial charge < -0.3 is 15.0 Å². The van der Waals surface area contributed by atoms with Crippen LogP contribution in [0.1, 0.15) is 62.1 Å². The van der Waals surface area contributed by atoms with E-state index in [1.165, 1.54) is 6.42 Å². The first kappa shape index (κ1) is 25.1. The number of hydrogen-bond acceptors (Lipinski definition) is 3. The van der Waals surface area contributed by atoms with Crippen molar-refractivity contribution in [3.63, 3.8) is 0 Å². The Morgan fingerprint density at radius 3 is 2.52 bits per heavy atom. The Hall–Kier alpha value is -2.53. The largest absolute Gasteiger partial charge is 0.483 e. The smallest absolute Gasteiger partial charge is 0.261 e. The number of halogens is 1. The summed E-state index contributed by atoms with van der Waals surface area (Å²) < 4.78 is 5.90. The summed E-state index contributed by atoms with van der Waals surface area (Å²) in [6.45, 7) is 6.04. The van der Waals surface area contributed by atoms with E-state index in [-0.39, 0.29) is 31.0 Å². The summed E-state index contributed by atoms with van der Waals surface area (Å²) >= 11 is 6.40. The molecule has 0 bridgehead atoms. The van der Waals surface area contributed by atoms with Gasteiger partial charge in [-0.15, -0.1) is 0 Å². The summed E-state index contributed by atoms with van der Waals surface area (Å²) in [5, 5.41) is 3.77. The van der Waals surface area contributed by atoms with Crippen molar-refractivity contribution in [3.8, 4) is 5.75 Å². The molecule has 1 aliphatic carbocycles. The van der Waals surface area contributed by atoms with Gasteiger partial charge in [0.1, 0.15) is 11.8 Å². The van der Waals surface area contributed by atoms with Gasteiger partial charge in [0.15, 0.2) is 6.61 Å². The molecule has 1 atom stereocenters. The third kappa shape index (κ3) is 6.73. The first-order chi connectivity index (χ1) is 15.9. The van der Waals surface area contributed by atoms with Crippen LogP contribution in [0.3, 0.4) is 0 Å². The summed E-state index contributed by atoms with van der Waals surface area (Å²) in [6.07, 6.45) is 5.99. The summed E-state index contributed by atoms with van der Waals surface area (Å²) in [5.74, 6) is 0.346. The van der Waals surface area contributed by atoms with Crippen molar-refractivity contribution < 1.29 is 14.3 Å². The van der Waals surface area contributed by atoms with Gasteiger partial charge in [-0.3, -0.25) is 9.59 Å². The quantitative estimate of drug-likeness (QED) is 0.519. The Morgan fingerprint density at radius 2 is 1.82 bits per heavy atom. The third-order valence-electron chi connectivity index (χ3n) is 6.54. The highest BCUT2D eigenvalue weighted by Crippen LogP contribution is 2.23. The van der Waals surface area contributed by atoms with Crippen LogP contribution < -0.4 is 10.1 Å². The molecule has 2 aromatic rings. The molecular formula is C27H35ClN2O3. The predicted octanol–water partition coefficient (Wildman–Crippen LogP) is 5.59. The van der Waals surface area contributed by atoms with Crippen LogP contribution in [-0.2, 0) is 16.1 Å². The van der Waals surface area contributed by atoms with Gasteiger partial charge in [0, 0.05) is 17.6 Å². The van der Waals surface area contributed by atoms with Gasteiger partial charge in [-0.25, -0.2) is 0 Å². The fraction of sp³-hybridized carbons (Fsp3) is 0.481. The second kappa shape index (κ2) is 12.1. The standard InChI is InChI=1S/C27H35ClN2O3/c1-4-24(27(32)29-22-13-6-5-7-14-22)30(17-21-12-8-9-15-23(21)28)26(31)18-33-25-16-10-11-19(2)20(25)3/h8-12,15-16,22,24H,4-7,13-14,17-18H2,1-3H3,(H,29,32)/t24-/m0/s1. The van der Waals surface area contributed by atoms with Gasteiger partial charge >= 0.3 is 0 Å². The van der Waals surface area contributed by atoms with Crippen LogP contribution in [0, 0.1) is 13.8 Å². The van der Waals surface area contributed by atoms with Crippen molar-refractivity contribution in [2.24, 2.45) is 0 Å². The van der Waals surface area contributed by atoms with Crippen LogP contribution >= 0.6 is 11.6 Å². The molecule has 0 unspecified atom stereocenters. The van der Waals surface area contributed by atoms with E-state index in [1.54, 1.807) is 11.0 Å². The fourth-order valence-electron chi connectivity index (χ4n) is 4.38. The zero-order chi connectivity index (χ0) is 23.8. The maximum Gasteiger partial charge on any atom is 0.261 e. The number of aryl methyl sites for hydroxylation is 1. The van der Waals surface area contributed by atoms with Crippen molar-refractivity contribution in [3.05, 3.63) is 64.2 Å². The monoisotopic (exact) mass is 470 g/mol. The lowest BCUT2D eigenvalue weighted by Crippen LogP contribution is -2.52. The first-order valence-corrected chi connectivity index (χ1v) is 12.3. The molecule has 1 saturated carbocycles. The molecule has 0 spiro atoms. The molecule has 0 saturated heterocycles. The molecule has 2 aromatic carbocycles.